The zero-order valence-electron chi connectivity index (χ0n) is 14.5. The maximum atomic E-state index is 12.7. The molecule has 138 valence electrons. The molecule has 0 aliphatic carbocycles. The molecule has 1 aliphatic rings. The van der Waals surface area contributed by atoms with E-state index in [4.69, 9.17) is 13.9 Å². The quantitative estimate of drug-likeness (QED) is 0.744. The second kappa shape index (κ2) is 8.48. The summed E-state index contributed by atoms with van der Waals surface area (Å²) in [6.07, 6.45) is 4.77. The summed E-state index contributed by atoms with van der Waals surface area (Å²) in [4.78, 5) is 30.8. The summed E-state index contributed by atoms with van der Waals surface area (Å²) in [6, 6.07) is 6.15. The smallest absolute Gasteiger partial charge is 0.290 e. The zero-order chi connectivity index (χ0) is 18.4. The molecule has 1 N–H and O–H groups in total. The maximum Gasteiger partial charge on any atom is 0.290 e. The molecule has 2 aromatic rings. The molecule has 1 saturated heterocycles. The van der Waals surface area contributed by atoms with Crippen LogP contribution in [0.25, 0.3) is 0 Å². The Labute approximate surface area is 151 Å². The van der Waals surface area contributed by atoms with Crippen LogP contribution in [0, 0.1) is 0 Å². The van der Waals surface area contributed by atoms with Gasteiger partial charge >= 0.3 is 0 Å². The highest BCUT2D eigenvalue weighted by molar-refractivity contribution is 5.96. The number of aromatic nitrogens is 1. The molecule has 8 heteroatoms. The minimum Gasteiger partial charge on any atom is -0.487 e. The van der Waals surface area contributed by atoms with Gasteiger partial charge in [-0.2, -0.15) is 0 Å². The van der Waals surface area contributed by atoms with Gasteiger partial charge in [0.25, 0.3) is 5.91 Å². The summed E-state index contributed by atoms with van der Waals surface area (Å²) < 4.78 is 16.0. The van der Waals surface area contributed by atoms with Gasteiger partial charge in [0.2, 0.25) is 5.91 Å². The van der Waals surface area contributed by atoms with Crippen LogP contribution in [0.3, 0.4) is 0 Å². The first kappa shape index (κ1) is 17.9. The molecule has 1 aliphatic heterocycles. The molecule has 8 nitrogen and oxygen atoms in total. The number of hydrogen-bond donors (Lipinski definition) is 1. The first-order valence-corrected chi connectivity index (χ1v) is 8.37. The molecule has 3 rings (SSSR count). The lowest BCUT2D eigenvalue weighted by Crippen LogP contribution is -2.46. The molecule has 0 radical (unpaired) electrons. The van der Waals surface area contributed by atoms with Crippen molar-refractivity contribution >= 4 is 11.8 Å². The second-order valence-electron chi connectivity index (χ2n) is 5.90. The van der Waals surface area contributed by atoms with Crippen molar-refractivity contribution in [1.29, 1.82) is 0 Å². The molecule has 0 saturated carbocycles. The van der Waals surface area contributed by atoms with E-state index in [2.05, 4.69) is 10.3 Å². The summed E-state index contributed by atoms with van der Waals surface area (Å²) in [6.45, 7) is 1.07. The van der Waals surface area contributed by atoms with E-state index in [1.54, 1.807) is 43.8 Å². The number of likely N-dealkylation sites (tertiary alicyclic amines) is 1. The van der Waals surface area contributed by atoms with Crippen LogP contribution < -0.4 is 10.1 Å². The summed E-state index contributed by atoms with van der Waals surface area (Å²) in [5, 5.41) is 2.78. The van der Waals surface area contributed by atoms with Crippen LogP contribution in [0.15, 0.2) is 47.3 Å². The van der Waals surface area contributed by atoms with E-state index >= 15 is 0 Å². The van der Waals surface area contributed by atoms with Crippen LogP contribution in [0.1, 0.15) is 17.0 Å². The van der Waals surface area contributed by atoms with E-state index in [-0.39, 0.29) is 30.2 Å². The van der Waals surface area contributed by atoms with Gasteiger partial charge in [0, 0.05) is 26.3 Å². The fourth-order valence-corrected chi connectivity index (χ4v) is 2.90. The van der Waals surface area contributed by atoms with Gasteiger partial charge in [-0.25, -0.2) is 0 Å². The number of nitrogens with zero attached hydrogens (tertiary/aromatic N) is 2. The number of nitrogens with one attached hydrogen (secondary N) is 1. The molecule has 3 heterocycles. The predicted octanol–water partition coefficient (Wildman–Crippen LogP) is 1.10. The summed E-state index contributed by atoms with van der Waals surface area (Å²) in [5.74, 6) is 0.225. The zero-order valence-corrected chi connectivity index (χ0v) is 14.5. The van der Waals surface area contributed by atoms with Crippen molar-refractivity contribution in [2.45, 2.75) is 18.6 Å². The highest BCUT2D eigenvalue weighted by Gasteiger charge is 2.41. The molecule has 2 amide bonds. The van der Waals surface area contributed by atoms with Crippen LogP contribution in [0.4, 0.5) is 0 Å². The summed E-state index contributed by atoms with van der Waals surface area (Å²) in [7, 11) is 1.56. The van der Waals surface area contributed by atoms with E-state index in [0.717, 1.165) is 0 Å². The Morgan fingerprint density at radius 1 is 1.38 bits per heavy atom. The monoisotopic (exact) mass is 359 g/mol. The number of hydrogen-bond acceptors (Lipinski definition) is 6. The molecule has 2 atom stereocenters. The normalized spacial score (nSPS) is 19.3. The number of amides is 2. The molecule has 0 unspecified atom stereocenters. The number of rotatable bonds is 7. The average molecular weight is 359 g/mol. The topological polar surface area (TPSA) is 93.9 Å². The van der Waals surface area contributed by atoms with Crippen LogP contribution >= 0.6 is 0 Å². The van der Waals surface area contributed by atoms with Gasteiger partial charge in [0.05, 0.1) is 25.6 Å². The Kier molecular flexibility index (Phi) is 5.85. The van der Waals surface area contributed by atoms with Gasteiger partial charge < -0.3 is 24.1 Å². The van der Waals surface area contributed by atoms with E-state index in [0.29, 0.717) is 25.3 Å². The Morgan fingerprint density at radius 3 is 2.96 bits per heavy atom. The number of pyridine rings is 1. The lowest BCUT2D eigenvalue weighted by molar-refractivity contribution is -0.125. The standard InChI is InChI=1S/C18H21N3O5/c1-24-9-7-20-17(22)15-10-14(26-13-4-2-6-19-11-13)12-21(15)18(23)16-5-3-8-25-16/h2-6,8,11,14-15H,7,9-10,12H2,1H3,(H,20,22)/t14-,15-/m0/s1. The summed E-state index contributed by atoms with van der Waals surface area (Å²) in [5.41, 5.74) is 0. The van der Waals surface area contributed by atoms with Crippen LogP contribution in [0.2, 0.25) is 0 Å². The van der Waals surface area contributed by atoms with Crippen LogP contribution in [-0.4, -0.2) is 60.7 Å². The molecule has 2 aromatic heterocycles. The van der Waals surface area contributed by atoms with Crippen molar-refractivity contribution in [2.24, 2.45) is 0 Å². The Morgan fingerprint density at radius 2 is 2.27 bits per heavy atom. The van der Waals surface area contributed by atoms with Crippen LogP contribution in [0.5, 0.6) is 5.75 Å². The molecule has 0 bridgehead atoms. The van der Waals surface area contributed by atoms with E-state index < -0.39 is 6.04 Å². The fourth-order valence-electron chi connectivity index (χ4n) is 2.90. The van der Waals surface area contributed by atoms with Crippen LogP contribution in [-0.2, 0) is 9.53 Å². The van der Waals surface area contributed by atoms with E-state index in [1.807, 2.05) is 0 Å². The third-order valence-corrected chi connectivity index (χ3v) is 4.10. The largest absolute Gasteiger partial charge is 0.487 e. The van der Waals surface area contributed by atoms with Gasteiger partial charge in [0.15, 0.2) is 5.76 Å². The van der Waals surface area contributed by atoms with Crippen molar-refractivity contribution in [1.82, 2.24) is 15.2 Å². The lowest BCUT2D eigenvalue weighted by Gasteiger charge is -2.22. The van der Waals surface area contributed by atoms with E-state index in [1.165, 1.54) is 11.2 Å². The van der Waals surface area contributed by atoms with Crippen molar-refractivity contribution in [3.8, 4) is 5.75 Å². The van der Waals surface area contributed by atoms with E-state index in [9.17, 15) is 9.59 Å². The highest BCUT2D eigenvalue weighted by Crippen LogP contribution is 2.25. The number of furan rings is 1. The number of carbonyl (C=O) groups is 2. The van der Waals surface area contributed by atoms with Gasteiger partial charge in [0.1, 0.15) is 17.9 Å². The third kappa shape index (κ3) is 4.20. The molecular weight excluding hydrogens is 338 g/mol. The average Bonchev–Trinajstić information content (AvgIpc) is 3.32. The van der Waals surface area contributed by atoms with Gasteiger partial charge in [-0.1, -0.05) is 0 Å². The van der Waals surface area contributed by atoms with Crippen molar-refractivity contribution < 1.29 is 23.5 Å². The van der Waals surface area contributed by atoms with Crippen molar-refractivity contribution in [3.63, 3.8) is 0 Å². The van der Waals surface area contributed by atoms with Gasteiger partial charge in [-0.15, -0.1) is 0 Å². The van der Waals surface area contributed by atoms with Gasteiger partial charge in [-0.05, 0) is 24.3 Å². The number of ether oxygens (including phenoxy) is 2. The second-order valence-corrected chi connectivity index (χ2v) is 5.90. The molecule has 1 fully saturated rings. The highest BCUT2D eigenvalue weighted by atomic mass is 16.5. The molecular formula is C18H21N3O5. The van der Waals surface area contributed by atoms with Crippen molar-refractivity contribution in [3.05, 3.63) is 48.7 Å². The first-order chi connectivity index (χ1) is 12.7. The Bertz CT molecular complexity index is 720. The van der Waals surface area contributed by atoms with Crippen molar-refractivity contribution in [2.75, 3.05) is 26.8 Å². The molecule has 0 aromatic carbocycles. The Balaban J connectivity index is 1.72. The first-order valence-electron chi connectivity index (χ1n) is 8.37. The molecule has 26 heavy (non-hydrogen) atoms. The number of carbonyl (C=O) groups excluding carboxylic acids is 2. The number of methoxy groups -OCH3 is 1. The fraction of sp³-hybridized carbons (Fsp3) is 0.389. The molecule has 0 spiro atoms. The Hall–Kier alpha value is -2.87. The maximum absolute atomic E-state index is 12.7. The van der Waals surface area contributed by atoms with Gasteiger partial charge in [-0.3, -0.25) is 14.6 Å². The SMILES string of the molecule is COCCNC(=O)[C@@H]1C[C@H](Oc2cccnc2)CN1C(=O)c1ccco1. The summed E-state index contributed by atoms with van der Waals surface area (Å²) >= 11 is 0. The predicted molar refractivity (Wildman–Crippen MR) is 91.7 cm³/mol. The lowest BCUT2D eigenvalue weighted by atomic mass is 10.2. The minimum absolute atomic E-state index is 0.196. The minimum atomic E-state index is -0.633. The third-order valence-electron chi connectivity index (χ3n) is 4.10.